The molecule has 0 saturated heterocycles. The SMILES string of the molecule is C=C/C=C(\C(=C)Br)S(=O)NC1(C(=O)NC2C3CC4CC2CC(C(=O)O)(C4)C3)CC1. The molecule has 5 rings (SSSR count). The molecule has 5 saturated carbocycles. The number of nitrogens with one attached hydrogen (secondary N) is 2. The van der Waals surface area contributed by atoms with Gasteiger partial charge in [0.25, 0.3) is 0 Å². The molecule has 158 valence electrons. The minimum atomic E-state index is -1.58. The Morgan fingerprint density at radius 1 is 1.17 bits per heavy atom. The number of carbonyl (C=O) groups excluding carboxylic acids is 1. The van der Waals surface area contributed by atoms with Crippen LogP contribution in [0.4, 0.5) is 0 Å². The van der Waals surface area contributed by atoms with E-state index in [1.54, 1.807) is 6.08 Å². The number of carboxylic acid groups (broad SMARTS) is 1. The van der Waals surface area contributed by atoms with Crippen LogP contribution in [0, 0.1) is 23.2 Å². The molecule has 3 unspecified atom stereocenters. The molecule has 5 aliphatic rings. The van der Waals surface area contributed by atoms with Gasteiger partial charge in [-0.1, -0.05) is 35.2 Å². The maximum absolute atomic E-state index is 13.1. The first-order chi connectivity index (χ1) is 13.7. The first-order valence-electron chi connectivity index (χ1n) is 10.1. The molecule has 8 heteroatoms. The van der Waals surface area contributed by atoms with Gasteiger partial charge in [-0.15, -0.1) is 0 Å². The summed E-state index contributed by atoms with van der Waals surface area (Å²) >= 11 is 3.25. The van der Waals surface area contributed by atoms with Crippen molar-refractivity contribution < 1.29 is 18.9 Å². The van der Waals surface area contributed by atoms with Crippen molar-refractivity contribution in [3.8, 4) is 0 Å². The molecule has 0 aromatic heterocycles. The zero-order valence-electron chi connectivity index (χ0n) is 16.3. The van der Waals surface area contributed by atoms with Crippen LogP contribution in [0.5, 0.6) is 0 Å². The highest BCUT2D eigenvalue weighted by atomic mass is 79.9. The van der Waals surface area contributed by atoms with Gasteiger partial charge in [-0.2, -0.15) is 0 Å². The Kier molecular flexibility index (Phi) is 5.40. The number of hydrogen-bond donors (Lipinski definition) is 3. The molecule has 4 bridgehead atoms. The fourth-order valence-corrected chi connectivity index (χ4v) is 7.66. The molecule has 0 aromatic carbocycles. The van der Waals surface area contributed by atoms with E-state index in [-0.39, 0.29) is 23.8 Å². The van der Waals surface area contributed by atoms with Crippen LogP contribution in [0.15, 0.2) is 34.7 Å². The highest BCUT2D eigenvalue weighted by molar-refractivity contribution is 9.12. The molecule has 29 heavy (non-hydrogen) atoms. The second-order valence-electron chi connectivity index (χ2n) is 9.18. The second kappa shape index (κ2) is 7.46. The average Bonchev–Trinajstić information content (AvgIpc) is 3.42. The Balaban J connectivity index is 1.44. The molecule has 0 spiro atoms. The number of rotatable bonds is 8. The summed E-state index contributed by atoms with van der Waals surface area (Å²) in [6.07, 6.45) is 8.50. The van der Waals surface area contributed by atoms with Crippen molar-refractivity contribution in [2.75, 3.05) is 0 Å². The van der Waals surface area contributed by atoms with Crippen LogP contribution in [-0.2, 0) is 20.6 Å². The lowest BCUT2D eigenvalue weighted by Gasteiger charge is -2.58. The third kappa shape index (κ3) is 3.68. The van der Waals surface area contributed by atoms with E-state index in [1.165, 1.54) is 6.08 Å². The molecule has 3 atom stereocenters. The Labute approximate surface area is 182 Å². The van der Waals surface area contributed by atoms with Gasteiger partial charge in [0.2, 0.25) is 5.91 Å². The van der Waals surface area contributed by atoms with Crippen molar-refractivity contribution in [1.29, 1.82) is 0 Å². The molecule has 0 radical (unpaired) electrons. The van der Waals surface area contributed by atoms with Crippen molar-refractivity contribution in [2.45, 2.75) is 56.5 Å². The summed E-state index contributed by atoms with van der Waals surface area (Å²) in [5.41, 5.74) is -1.41. The summed E-state index contributed by atoms with van der Waals surface area (Å²) in [6.45, 7) is 7.40. The van der Waals surface area contributed by atoms with E-state index in [0.717, 1.165) is 19.3 Å². The lowest BCUT2D eigenvalue weighted by molar-refractivity contribution is -0.167. The maximum Gasteiger partial charge on any atom is 0.309 e. The smallest absolute Gasteiger partial charge is 0.309 e. The van der Waals surface area contributed by atoms with Gasteiger partial charge in [-0.05, 0) is 68.8 Å². The van der Waals surface area contributed by atoms with Gasteiger partial charge >= 0.3 is 5.97 Å². The van der Waals surface area contributed by atoms with Gasteiger partial charge in [0, 0.05) is 10.5 Å². The molecule has 5 fully saturated rings. The number of halogens is 1. The van der Waals surface area contributed by atoms with Crippen molar-refractivity contribution in [2.24, 2.45) is 23.2 Å². The average molecular weight is 483 g/mol. The van der Waals surface area contributed by atoms with Crippen LogP contribution in [0.25, 0.3) is 0 Å². The van der Waals surface area contributed by atoms with E-state index in [9.17, 15) is 18.9 Å². The van der Waals surface area contributed by atoms with Gasteiger partial charge in [0.15, 0.2) is 0 Å². The standard InChI is InChI=1S/C21H27BrN2O4S/c1-3-4-16(12(2)22)29(28)24-21(5-6-21)18(25)23-17-14-7-13-8-15(17)11-20(9-13,10-14)19(26)27/h3-4,13-15,17,24H,1-2,5-11H2,(H,23,25)(H,26,27)/b16-4+. The predicted octanol–water partition coefficient (Wildman–Crippen LogP) is 3.15. The molecule has 0 aromatic rings. The van der Waals surface area contributed by atoms with E-state index >= 15 is 0 Å². The number of amides is 1. The van der Waals surface area contributed by atoms with Gasteiger partial charge in [0.05, 0.1) is 10.3 Å². The van der Waals surface area contributed by atoms with Crippen LogP contribution < -0.4 is 10.0 Å². The molecular formula is C21H27BrN2O4S. The monoisotopic (exact) mass is 482 g/mol. The number of aliphatic carboxylic acids is 1. The van der Waals surface area contributed by atoms with Gasteiger partial charge < -0.3 is 10.4 Å². The van der Waals surface area contributed by atoms with Crippen LogP contribution in [0.3, 0.4) is 0 Å². The number of hydrogen-bond acceptors (Lipinski definition) is 3. The second-order valence-corrected chi connectivity index (χ2v) is 11.3. The molecular weight excluding hydrogens is 456 g/mol. The Hall–Kier alpha value is -1.25. The first kappa shape index (κ1) is 21.0. The van der Waals surface area contributed by atoms with Gasteiger partial charge in [-0.3, -0.25) is 9.59 Å². The third-order valence-corrected chi connectivity index (χ3v) is 9.28. The lowest BCUT2D eigenvalue weighted by Crippen LogP contribution is -2.63. The van der Waals surface area contributed by atoms with E-state index in [2.05, 4.69) is 39.1 Å². The fraction of sp³-hybridized carbons (Fsp3) is 0.619. The molecule has 5 aliphatic carbocycles. The minimum Gasteiger partial charge on any atom is -0.481 e. The highest BCUT2D eigenvalue weighted by Crippen LogP contribution is 2.60. The summed E-state index contributed by atoms with van der Waals surface area (Å²) in [5, 5.41) is 13.0. The number of carboxylic acids is 1. The zero-order chi connectivity index (χ0) is 21.0. The van der Waals surface area contributed by atoms with Gasteiger partial charge in [0.1, 0.15) is 16.5 Å². The predicted molar refractivity (Wildman–Crippen MR) is 115 cm³/mol. The van der Waals surface area contributed by atoms with Crippen molar-refractivity contribution in [3.63, 3.8) is 0 Å². The van der Waals surface area contributed by atoms with E-state index in [4.69, 9.17) is 0 Å². The van der Waals surface area contributed by atoms with Crippen LogP contribution in [0.1, 0.15) is 44.9 Å². The lowest BCUT2D eigenvalue weighted by atomic mass is 9.48. The largest absolute Gasteiger partial charge is 0.481 e. The molecule has 1 amide bonds. The Morgan fingerprint density at radius 3 is 2.28 bits per heavy atom. The highest BCUT2D eigenvalue weighted by Gasteiger charge is 2.60. The first-order valence-corrected chi connectivity index (χ1v) is 12.1. The molecule has 0 aliphatic heterocycles. The van der Waals surface area contributed by atoms with Crippen LogP contribution >= 0.6 is 15.9 Å². The summed E-state index contributed by atoms with van der Waals surface area (Å²) in [4.78, 5) is 25.5. The van der Waals surface area contributed by atoms with E-state index in [0.29, 0.717) is 41.0 Å². The van der Waals surface area contributed by atoms with E-state index < -0.39 is 27.9 Å². The van der Waals surface area contributed by atoms with Crippen LogP contribution in [-0.4, -0.2) is 32.8 Å². The summed E-state index contributed by atoms with van der Waals surface area (Å²) < 4.78 is 16.2. The normalized spacial score (nSPS) is 37.6. The Morgan fingerprint density at radius 2 is 1.79 bits per heavy atom. The topological polar surface area (TPSA) is 95.5 Å². The summed E-state index contributed by atoms with van der Waals surface area (Å²) in [6, 6.07) is 0.0218. The summed E-state index contributed by atoms with van der Waals surface area (Å²) in [7, 11) is -1.58. The minimum absolute atomic E-state index is 0.0218. The zero-order valence-corrected chi connectivity index (χ0v) is 18.7. The maximum atomic E-state index is 13.1. The fourth-order valence-electron chi connectivity index (χ4n) is 5.90. The third-order valence-electron chi connectivity index (χ3n) is 7.23. The molecule has 3 N–H and O–H groups in total. The quantitative estimate of drug-likeness (QED) is 0.463. The molecule has 0 heterocycles. The van der Waals surface area contributed by atoms with Crippen molar-refractivity contribution in [1.82, 2.24) is 10.0 Å². The number of carbonyl (C=O) groups is 2. The van der Waals surface area contributed by atoms with Crippen molar-refractivity contribution in [3.05, 3.63) is 34.7 Å². The molecule has 6 nitrogen and oxygen atoms in total. The van der Waals surface area contributed by atoms with Crippen LogP contribution in [0.2, 0.25) is 0 Å². The Bertz CT molecular complexity index is 819. The van der Waals surface area contributed by atoms with Crippen molar-refractivity contribution >= 4 is 38.8 Å². The number of allylic oxidation sites excluding steroid dienone is 3. The van der Waals surface area contributed by atoms with Gasteiger partial charge in [-0.25, -0.2) is 8.93 Å². The summed E-state index contributed by atoms with van der Waals surface area (Å²) in [5.74, 6) is 0.121. The van der Waals surface area contributed by atoms with E-state index in [1.807, 2.05) is 0 Å².